The zero-order chi connectivity index (χ0) is 8.43. The van der Waals surface area contributed by atoms with Gasteiger partial charge in [0, 0.05) is 13.0 Å². The first-order chi connectivity index (χ1) is 5.15. The standard InChI is InChI=1S/C6H13NO4/c7-2-3-1-4(8)5(9)6(10)11-3/h3-6,8-10H,1-2,7H2/t3?,4-,5?,6-/m0/s1. The van der Waals surface area contributed by atoms with Crippen molar-refractivity contribution in [1.82, 2.24) is 0 Å². The smallest absolute Gasteiger partial charge is 0.183 e. The molecular weight excluding hydrogens is 150 g/mol. The maximum Gasteiger partial charge on any atom is 0.183 e. The minimum Gasteiger partial charge on any atom is -0.390 e. The molecule has 1 aliphatic heterocycles. The predicted molar refractivity (Wildman–Crippen MR) is 36.6 cm³/mol. The van der Waals surface area contributed by atoms with Crippen LogP contribution in [-0.4, -0.2) is 46.5 Å². The molecule has 0 aromatic heterocycles. The molecule has 0 spiro atoms. The monoisotopic (exact) mass is 163 g/mol. The average molecular weight is 163 g/mol. The van der Waals surface area contributed by atoms with Crippen LogP contribution in [0.4, 0.5) is 0 Å². The minimum absolute atomic E-state index is 0.237. The van der Waals surface area contributed by atoms with Gasteiger partial charge in [0.05, 0.1) is 12.2 Å². The van der Waals surface area contributed by atoms with Crippen LogP contribution in [0.3, 0.4) is 0 Å². The number of ether oxygens (including phenoxy) is 1. The Balaban J connectivity index is 2.47. The van der Waals surface area contributed by atoms with Crippen LogP contribution in [-0.2, 0) is 4.74 Å². The summed E-state index contributed by atoms with van der Waals surface area (Å²) in [5, 5.41) is 27.1. The maximum absolute atomic E-state index is 9.10. The van der Waals surface area contributed by atoms with Gasteiger partial charge in [-0.15, -0.1) is 0 Å². The number of hydrogen-bond donors (Lipinski definition) is 4. The summed E-state index contributed by atoms with van der Waals surface area (Å²) in [5.74, 6) is 0. The van der Waals surface area contributed by atoms with E-state index in [-0.39, 0.29) is 19.1 Å². The largest absolute Gasteiger partial charge is 0.390 e. The SMILES string of the molecule is NCC1C[C@H](O)C(O)[C@@H](O)O1. The Hall–Kier alpha value is -0.200. The van der Waals surface area contributed by atoms with Gasteiger partial charge in [-0.1, -0.05) is 0 Å². The molecule has 5 N–H and O–H groups in total. The molecule has 4 atom stereocenters. The summed E-state index contributed by atoms with van der Waals surface area (Å²) in [6, 6.07) is 0. The molecule has 2 unspecified atom stereocenters. The van der Waals surface area contributed by atoms with E-state index >= 15 is 0 Å². The van der Waals surface area contributed by atoms with Gasteiger partial charge in [0.25, 0.3) is 0 Å². The van der Waals surface area contributed by atoms with E-state index in [0.717, 1.165) is 0 Å². The lowest BCUT2D eigenvalue weighted by molar-refractivity contribution is -0.244. The molecule has 66 valence electrons. The quantitative estimate of drug-likeness (QED) is 0.351. The van der Waals surface area contributed by atoms with E-state index in [9.17, 15) is 0 Å². The van der Waals surface area contributed by atoms with Crippen molar-refractivity contribution in [3.05, 3.63) is 0 Å². The van der Waals surface area contributed by atoms with Crippen LogP contribution < -0.4 is 5.73 Å². The van der Waals surface area contributed by atoms with Gasteiger partial charge >= 0.3 is 0 Å². The summed E-state index contributed by atoms with van der Waals surface area (Å²) < 4.78 is 4.84. The molecule has 0 saturated carbocycles. The Morgan fingerprint density at radius 3 is 2.45 bits per heavy atom. The molecule has 0 amide bonds. The first-order valence-corrected chi connectivity index (χ1v) is 3.55. The molecule has 0 bridgehead atoms. The second kappa shape index (κ2) is 3.46. The Labute approximate surface area is 64.4 Å². The van der Waals surface area contributed by atoms with E-state index in [1.807, 2.05) is 0 Å². The van der Waals surface area contributed by atoms with Gasteiger partial charge in [0.1, 0.15) is 6.10 Å². The summed E-state index contributed by atoms with van der Waals surface area (Å²) in [6.07, 6.45) is -3.55. The first-order valence-electron chi connectivity index (χ1n) is 3.55. The van der Waals surface area contributed by atoms with Crippen molar-refractivity contribution in [2.45, 2.75) is 31.0 Å². The fourth-order valence-electron chi connectivity index (χ4n) is 1.08. The zero-order valence-corrected chi connectivity index (χ0v) is 6.05. The van der Waals surface area contributed by atoms with Crippen molar-refractivity contribution in [3.63, 3.8) is 0 Å². The third-order valence-electron chi connectivity index (χ3n) is 1.79. The summed E-state index contributed by atoms with van der Waals surface area (Å²) in [5.41, 5.74) is 5.24. The normalized spacial score (nSPS) is 45.8. The number of hydrogen-bond acceptors (Lipinski definition) is 5. The van der Waals surface area contributed by atoms with Gasteiger partial charge in [-0.2, -0.15) is 0 Å². The lowest BCUT2D eigenvalue weighted by atomic mass is 10.0. The highest BCUT2D eigenvalue weighted by molar-refractivity contribution is 4.80. The van der Waals surface area contributed by atoms with Crippen molar-refractivity contribution in [3.8, 4) is 0 Å². The maximum atomic E-state index is 9.10. The van der Waals surface area contributed by atoms with Crippen LogP contribution in [0.25, 0.3) is 0 Å². The molecule has 0 aromatic rings. The van der Waals surface area contributed by atoms with E-state index in [0.29, 0.717) is 0 Å². The second-order valence-corrected chi connectivity index (χ2v) is 2.68. The van der Waals surface area contributed by atoms with E-state index in [4.69, 9.17) is 25.8 Å². The molecule has 0 aliphatic carbocycles. The third kappa shape index (κ3) is 1.88. The molecule has 1 rings (SSSR count). The molecular formula is C6H13NO4. The lowest BCUT2D eigenvalue weighted by Crippen LogP contribution is -2.50. The lowest BCUT2D eigenvalue weighted by Gasteiger charge is -2.33. The summed E-state index contributed by atoms with van der Waals surface area (Å²) in [4.78, 5) is 0. The summed E-state index contributed by atoms with van der Waals surface area (Å²) >= 11 is 0. The topological polar surface area (TPSA) is 95.9 Å². The fourth-order valence-corrected chi connectivity index (χ4v) is 1.08. The number of aliphatic hydroxyl groups excluding tert-OH is 3. The highest BCUT2D eigenvalue weighted by atomic mass is 16.6. The number of nitrogens with two attached hydrogens (primary N) is 1. The summed E-state index contributed by atoms with van der Waals surface area (Å²) in [6.45, 7) is 0.237. The van der Waals surface area contributed by atoms with E-state index in [1.165, 1.54) is 0 Å². The van der Waals surface area contributed by atoms with Gasteiger partial charge in [0.2, 0.25) is 0 Å². The summed E-state index contributed by atoms with van der Waals surface area (Å²) in [7, 11) is 0. The Morgan fingerprint density at radius 2 is 2.00 bits per heavy atom. The first kappa shape index (κ1) is 8.89. The molecule has 5 heteroatoms. The zero-order valence-electron chi connectivity index (χ0n) is 6.05. The predicted octanol–water partition coefficient (Wildman–Crippen LogP) is -2.23. The molecule has 1 heterocycles. The second-order valence-electron chi connectivity index (χ2n) is 2.68. The highest BCUT2D eigenvalue weighted by Gasteiger charge is 2.34. The van der Waals surface area contributed by atoms with E-state index in [1.54, 1.807) is 0 Å². The van der Waals surface area contributed by atoms with Gasteiger partial charge < -0.3 is 25.8 Å². The van der Waals surface area contributed by atoms with Gasteiger partial charge in [-0.05, 0) is 0 Å². The molecule has 0 aromatic carbocycles. The number of aliphatic hydroxyl groups is 3. The number of rotatable bonds is 1. The Bertz CT molecular complexity index is 120. The van der Waals surface area contributed by atoms with Gasteiger partial charge in [-0.3, -0.25) is 0 Å². The fraction of sp³-hybridized carbons (Fsp3) is 1.00. The average Bonchev–Trinajstić information content (AvgIpc) is 1.99. The van der Waals surface area contributed by atoms with Crippen LogP contribution in [0.2, 0.25) is 0 Å². The van der Waals surface area contributed by atoms with Crippen molar-refractivity contribution in [2.24, 2.45) is 5.73 Å². The third-order valence-corrected chi connectivity index (χ3v) is 1.79. The highest BCUT2D eigenvalue weighted by Crippen LogP contribution is 2.17. The van der Waals surface area contributed by atoms with Crippen molar-refractivity contribution in [2.75, 3.05) is 6.54 Å². The van der Waals surface area contributed by atoms with Crippen LogP contribution >= 0.6 is 0 Å². The van der Waals surface area contributed by atoms with Gasteiger partial charge in [-0.25, -0.2) is 0 Å². The Morgan fingerprint density at radius 1 is 1.36 bits per heavy atom. The van der Waals surface area contributed by atoms with E-state index < -0.39 is 18.5 Å². The molecule has 5 nitrogen and oxygen atoms in total. The van der Waals surface area contributed by atoms with Crippen LogP contribution in [0.15, 0.2) is 0 Å². The van der Waals surface area contributed by atoms with Crippen LogP contribution in [0, 0.1) is 0 Å². The molecule has 0 radical (unpaired) electrons. The molecule has 1 fully saturated rings. The molecule has 1 saturated heterocycles. The van der Waals surface area contributed by atoms with Gasteiger partial charge in [0.15, 0.2) is 6.29 Å². The van der Waals surface area contributed by atoms with Crippen molar-refractivity contribution >= 4 is 0 Å². The molecule has 11 heavy (non-hydrogen) atoms. The Kier molecular flexibility index (Phi) is 2.80. The van der Waals surface area contributed by atoms with Crippen molar-refractivity contribution < 1.29 is 20.1 Å². The van der Waals surface area contributed by atoms with E-state index in [2.05, 4.69) is 0 Å². The van der Waals surface area contributed by atoms with Crippen molar-refractivity contribution in [1.29, 1.82) is 0 Å². The van der Waals surface area contributed by atoms with Crippen LogP contribution in [0.5, 0.6) is 0 Å². The molecule has 1 aliphatic rings. The minimum atomic E-state index is -1.31. The van der Waals surface area contributed by atoms with Crippen LogP contribution in [0.1, 0.15) is 6.42 Å².